The third kappa shape index (κ3) is 2.38. The van der Waals surface area contributed by atoms with Crippen LogP contribution in [0.15, 0.2) is 12.4 Å². The van der Waals surface area contributed by atoms with Crippen LogP contribution in [0.2, 0.25) is 5.15 Å². The van der Waals surface area contributed by atoms with Crippen LogP contribution in [-0.2, 0) is 12.8 Å². The second kappa shape index (κ2) is 5.48. The van der Waals surface area contributed by atoms with Gasteiger partial charge in [0.05, 0.1) is 0 Å². The Morgan fingerprint density at radius 3 is 2.72 bits per heavy atom. The highest BCUT2D eigenvalue weighted by Crippen LogP contribution is 2.20. The van der Waals surface area contributed by atoms with Gasteiger partial charge in [-0.25, -0.2) is 15.0 Å². The highest BCUT2D eigenvalue weighted by molar-refractivity contribution is 6.30. The molecule has 0 atom stereocenters. The molecule has 0 spiro atoms. The molecule has 0 aliphatic heterocycles. The lowest BCUT2D eigenvalue weighted by atomic mass is 10.3. The van der Waals surface area contributed by atoms with Gasteiger partial charge in [0.15, 0.2) is 0 Å². The zero-order chi connectivity index (χ0) is 13.1. The Labute approximate surface area is 112 Å². The number of aromatic nitrogens is 4. The van der Waals surface area contributed by atoms with Gasteiger partial charge < -0.3 is 0 Å². The van der Waals surface area contributed by atoms with Gasteiger partial charge in [-0.05, 0) is 13.3 Å². The summed E-state index contributed by atoms with van der Waals surface area (Å²) in [5.74, 6) is 2.61. The van der Waals surface area contributed by atoms with Crippen molar-refractivity contribution >= 4 is 11.6 Å². The maximum Gasteiger partial charge on any atom is 0.146 e. The Hall–Kier alpha value is -1.42. The van der Waals surface area contributed by atoms with E-state index in [0.29, 0.717) is 5.15 Å². The minimum absolute atomic E-state index is 0.527. The van der Waals surface area contributed by atoms with Crippen molar-refractivity contribution in [2.24, 2.45) is 0 Å². The number of nitrogens with zero attached hydrogens (tertiary/aromatic N) is 4. The van der Waals surface area contributed by atoms with Crippen molar-refractivity contribution in [2.75, 3.05) is 0 Å². The monoisotopic (exact) mass is 264 g/mol. The number of halogens is 1. The normalized spacial score (nSPS) is 10.9. The Kier molecular flexibility index (Phi) is 3.97. The first kappa shape index (κ1) is 13.0. The molecule has 5 heteroatoms. The summed E-state index contributed by atoms with van der Waals surface area (Å²) in [6, 6.07) is 0. The molecule has 2 aromatic rings. The summed E-state index contributed by atoms with van der Waals surface area (Å²) in [4.78, 5) is 13.2. The van der Waals surface area contributed by atoms with Gasteiger partial charge in [0.25, 0.3) is 0 Å². The fraction of sp³-hybridized carbons (Fsp3) is 0.462. The van der Waals surface area contributed by atoms with Crippen LogP contribution in [0, 0.1) is 6.92 Å². The maximum atomic E-state index is 6.18. The van der Waals surface area contributed by atoms with E-state index in [1.807, 2.05) is 17.7 Å². The molecule has 4 nitrogen and oxygen atoms in total. The molecule has 2 rings (SSSR count). The number of rotatable bonds is 4. The minimum Gasteiger partial charge on any atom is -0.288 e. The van der Waals surface area contributed by atoms with Crippen LogP contribution in [0.3, 0.4) is 0 Å². The molecule has 18 heavy (non-hydrogen) atoms. The summed E-state index contributed by atoms with van der Waals surface area (Å²) < 4.78 is 1.99. The van der Waals surface area contributed by atoms with Crippen molar-refractivity contribution in [3.63, 3.8) is 0 Å². The summed E-state index contributed by atoms with van der Waals surface area (Å²) in [7, 11) is 0. The fourth-order valence-electron chi connectivity index (χ4n) is 1.88. The molecule has 0 radical (unpaired) electrons. The second-order valence-corrected chi connectivity index (χ2v) is 4.55. The van der Waals surface area contributed by atoms with Crippen LogP contribution in [0.4, 0.5) is 0 Å². The van der Waals surface area contributed by atoms with Crippen molar-refractivity contribution < 1.29 is 0 Å². The van der Waals surface area contributed by atoms with Crippen molar-refractivity contribution in [2.45, 2.75) is 40.0 Å². The molecule has 0 fully saturated rings. The van der Waals surface area contributed by atoms with Crippen molar-refractivity contribution in [3.05, 3.63) is 34.8 Å². The molecule has 0 aliphatic carbocycles. The standard InChI is InChI=1S/C13H17ClN4/c1-4-6-10-16-12(14)9(3)13(17-10)18-8-7-15-11(18)5-2/h7-8H,4-6H2,1-3H3. The van der Waals surface area contributed by atoms with E-state index in [0.717, 1.165) is 42.3 Å². The van der Waals surface area contributed by atoms with Crippen molar-refractivity contribution in [1.82, 2.24) is 19.5 Å². The van der Waals surface area contributed by atoms with Gasteiger partial charge in [-0.3, -0.25) is 4.57 Å². The van der Waals surface area contributed by atoms with Gasteiger partial charge in [0, 0.05) is 30.8 Å². The summed E-state index contributed by atoms with van der Waals surface area (Å²) in [6.45, 7) is 6.11. The molecule has 0 aromatic carbocycles. The van der Waals surface area contributed by atoms with Crippen molar-refractivity contribution in [3.8, 4) is 5.82 Å². The van der Waals surface area contributed by atoms with Gasteiger partial charge >= 0.3 is 0 Å². The Morgan fingerprint density at radius 2 is 2.06 bits per heavy atom. The largest absolute Gasteiger partial charge is 0.288 e. The number of aryl methyl sites for hydroxylation is 2. The molecule has 0 amide bonds. The Balaban J connectivity index is 2.55. The molecular formula is C13H17ClN4. The average Bonchev–Trinajstić information content (AvgIpc) is 2.82. The first-order chi connectivity index (χ1) is 8.67. The third-order valence-corrected chi connectivity index (χ3v) is 3.21. The van der Waals surface area contributed by atoms with Gasteiger partial charge in [0.2, 0.25) is 0 Å². The second-order valence-electron chi connectivity index (χ2n) is 4.20. The average molecular weight is 265 g/mol. The smallest absolute Gasteiger partial charge is 0.146 e. The van der Waals surface area contributed by atoms with Crippen LogP contribution < -0.4 is 0 Å². The quantitative estimate of drug-likeness (QED) is 0.797. The van der Waals surface area contributed by atoms with Crippen molar-refractivity contribution in [1.29, 1.82) is 0 Å². The number of hydrogen-bond acceptors (Lipinski definition) is 3. The van der Waals surface area contributed by atoms with E-state index in [-0.39, 0.29) is 0 Å². The van der Waals surface area contributed by atoms with E-state index in [1.54, 1.807) is 6.20 Å². The van der Waals surface area contributed by atoms with Crippen LogP contribution in [0.5, 0.6) is 0 Å². The van der Waals surface area contributed by atoms with Crippen LogP contribution in [0.25, 0.3) is 5.82 Å². The Morgan fingerprint density at radius 1 is 1.28 bits per heavy atom. The van der Waals surface area contributed by atoms with Gasteiger partial charge in [-0.2, -0.15) is 0 Å². The zero-order valence-electron chi connectivity index (χ0n) is 10.9. The molecule has 2 heterocycles. The molecule has 0 aliphatic rings. The van der Waals surface area contributed by atoms with E-state index in [9.17, 15) is 0 Å². The summed E-state index contributed by atoms with van der Waals surface area (Å²) >= 11 is 6.18. The maximum absolute atomic E-state index is 6.18. The van der Waals surface area contributed by atoms with E-state index in [2.05, 4.69) is 28.8 Å². The summed E-state index contributed by atoms with van der Waals surface area (Å²) in [5.41, 5.74) is 0.893. The highest BCUT2D eigenvalue weighted by Gasteiger charge is 2.13. The lowest BCUT2D eigenvalue weighted by molar-refractivity contribution is 0.792. The van der Waals surface area contributed by atoms with Crippen LogP contribution >= 0.6 is 11.6 Å². The first-order valence-corrected chi connectivity index (χ1v) is 6.60. The fourth-order valence-corrected chi connectivity index (χ4v) is 2.06. The van der Waals surface area contributed by atoms with Crippen LogP contribution in [0.1, 0.15) is 37.5 Å². The first-order valence-electron chi connectivity index (χ1n) is 6.23. The molecule has 0 unspecified atom stereocenters. The third-order valence-electron chi connectivity index (χ3n) is 2.84. The molecule has 0 N–H and O–H groups in total. The molecule has 0 saturated heterocycles. The van der Waals surface area contributed by atoms with E-state index >= 15 is 0 Å². The number of hydrogen-bond donors (Lipinski definition) is 0. The van der Waals surface area contributed by atoms with Gasteiger partial charge in [-0.15, -0.1) is 0 Å². The van der Waals surface area contributed by atoms with Gasteiger partial charge in [0.1, 0.15) is 22.6 Å². The minimum atomic E-state index is 0.527. The van der Waals surface area contributed by atoms with Gasteiger partial charge in [-0.1, -0.05) is 25.4 Å². The zero-order valence-corrected chi connectivity index (χ0v) is 11.7. The summed E-state index contributed by atoms with van der Waals surface area (Å²) in [6.07, 6.45) is 6.40. The molecule has 0 saturated carbocycles. The lowest BCUT2D eigenvalue weighted by Crippen LogP contribution is -2.08. The van der Waals surface area contributed by atoms with E-state index < -0.39 is 0 Å². The molecule has 96 valence electrons. The van der Waals surface area contributed by atoms with Crippen LogP contribution in [-0.4, -0.2) is 19.5 Å². The highest BCUT2D eigenvalue weighted by atomic mass is 35.5. The van der Waals surface area contributed by atoms with E-state index in [1.165, 1.54) is 0 Å². The molecule has 2 aromatic heterocycles. The predicted octanol–water partition coefficient (Wildman–Crippen LogP) is 3.14. The van der Waals surface area contributed by atoms with E-state index in [4.69, 9.17) is 11.6 Å². The summed E-state index contributed by atoms with van der Waals surface area (Å²) in [5, 5.41) is 0.527. The predicted molar refractivity (Wildman–Crippen MR) is 72.3 cm³/mol. The number of imidazole rings is 1. The molecular weight excluding hydrogens is 248 g/mol. The Bertz CT molecular complexity index is 548. The SMILES string of the molecule is CCCc1nc(Cl)c(C)c(-n2ccnc2CC)n1. The topological polar surface area (TPSA) is 43.6 Å². The molecule has 0 bridgehead atoms. The lowest BCUT2D eigenvalue weighted by Gasteiger charge is -2.11.